The van der Waals surface area contributed by atoms with E-state index in [0.717, 1.165) is 30.0 Å². The molecule has 1 aromatic rings. The monoisotopic (exact) mass is 213 g/mol. The highest BCUT2D eigenvalue weighted by molar-refractivity contribution is 6.30. The standard InChI is InChI=1S/C11H16ClNO/c1-14-7-3-6-11(13)9-4-2-5-10(12)8-9/h2,4-5,8,11H,3,6-7,13H2,1H3. The second-order valence-corrected chi connectivity index (χ2v) is 3.73. The lowest BCUT2D eigenvalue weighted by molar-refractivity contribution is 0.190. The first-order chi connectivity index (χ1) is 6.74. The third-order valence-corrected chi connectivity index (χ3v) is 2.38. The molecule has 0 radical (unpaired) electrons. The summed E-state index contributed by atoms with van der Waals surface area (Å²) in [6.07, 6.45) is 1.90. The van der Waals surface area contributed by atoms with Gasteiger partial charge in [-0.25, -0.2) is 0 Å². The number of methoxy groups -OCH3 is 1. The summed E-state index contributed by atoms with van der Waals surface area (Å²) in [5.41, 5.74) is 7.08. The van der Waals surface area contributed by atoms with Crippen molar-refractivity contribution in [1.29, 1.82) is 0 Å². The third kappa shape index (κ3) is 3.66. The third-order valence-electron chi connectivity index (χ3n) is 2.14. The van der Waals surface area contributed by atoms with Crippen LogP contribution < -0.4 is 5.73 Å². The molecule has 0 fully saturated rings. The Labute approximate surface area is 90.0 Å². The quantitative estimate of drug-likeness (QED) is 0.764. The van der Waals surface area contributed by atoms with Crippen molar-refractivity contribution >= 4 is 11.6 Å². The Morgan fingerprint density at radius 1 is 1.50 bits per heavy atom. The summed E-state index contributed by atoms with van der Waals surface area (Å²) in [6.45, 7) is 0.758. The van der Waals surface area contributed by atoms with Crippen molar-refractivity contribution in [3.05, 3.63) is 34.9 Å². The molecule has 0 aliphatic rings. The number of nitrogens with two attached hydrogens (primary N) is 1. The maximum absolute atomic E-state index is 5.99. The van der Waals surface area contributed by atoms with Crippen molar-refractivity contribution in [1.82, 2.24) is 0 Å². The van der Waals surface area contributed by atoms with E-state index < -0.39 is 0 Å². The minimum atomic E-state index is 0.0591. The van der Waals surface area contributed by atoms with Crippen LogP contribution >= 0.6 is 11.6 Å². The second kappa shape index (κ2) is 6.02. The average molecular weight is 214 g/mol. The first kappa shape index (κ1) is 11.5. The summed E-state index contributed by atoms with van der Waals surface area (Å²) in [6, 6.07) is 7.76. The van der Waals surface area contributed by atoms with Gasteiger partial charge in [-0.3, -0.25) is 0 Å². The zero-order chi connectivity index (χ0) is 10.4. The van der Waals surface area contributed by atoms with Gasteiger partial charge in [0.15, 0.2) is 0 Å². The van der Waals surface area contributed by atoms with Crippen molar-refractivity contribution in [2.24, 2.45) is 5.73 Å². The molecule has 78 valence electrons. The molecule has 1 atom stereocenters. The Bertz CT molecular complexity index is 278. The van der Waals surface area contributed by atoms with Gasteiger partial charge < -0.3 is 10.5 Å². The molecule has 0 amide bonds. The summed E-state index contributed by atoms with van der Waals surface area (Å²) in [5, 5.41) is 0.740. The van der Waals surface area contributed by atoms with Crippen LogP contribution in [0.25, 0.3) is 0 Å². The van der Waals surface area contributed by atoms with E-state index in [1.165, 1.54) is 0 Å². The molecule has 14 heavy (non-hydrogen) atoms. The van der Waals surface area contributed by atoms with Gasteiger partial charge in [0.1, 0.15) is 0 Å². The normalized spacial score (nSPS) is 12.8. The molecule has 1 rings (SSSR count). The summed E-state index contributed by atoms with van der Waals surface area (Å²) >= 11 is 5.87. The molecule has 0 saturated carbocycles. The van der Waals surface area contributed by atoms with E-state index in [-0.39, 0.29) is 6.04 Å². The predicted octanol–water partition coefficient (Wildman–Crippen LogP) is 2.77. The molecule has 0 aliphatic carbocycles. The zero-order valence-corrected chi connectivity index (χ0v) is 9.13. The zero-order valence-electron chi connectivity index (χ0n) is 8.37. The van der Waals surface area contributed by atoms with Crippen LogP contribution in [0.5, 0.6) is 0 Å². The van der Waals surface area contributed by atoms with Crippen molar-refractivity contribution in [2.45, 2.75) is 18.9 Å². The summed E-state index contributed by atoms with van der Waals surface area (Å²) in [7, 11) is 1.70. The van der Waals surface area contributed by atoms with E-state index in [1.807, 2.05) is 24.3 Å². The Balaban J connectivity index is 2.47. The fourth-order valence-corrected chi connectivity index (χ4v) is 1.55. The lowest BCUT2D eigenvalue weighted by atomic mass is 10.0. The fourth-order valence-electron chi connectivity index (χ4n) is 1.35. The first-order valence-electron chi connectivity index (χ1n) is 4.74. The topological polar surface area (TPSA) is 35.2 Å². The molecule has 3 heteroatoms. The van der Waals surface area contributed by atoms with E-state index in [9.17, 15) is 0 Å². The number of hydrogen-bond donors (Lipinski definition) is 1. The fraction of sp³-hybridized carbons (Fsp3) is 0.455. The van der Waals surface area contributed by atoms with Gasteiger partial charge in [0.05, 0.1) is 0 Å². The van der Waals surface area contributed by atoms with Crippen molar-refractivity contribution in [3.63, 3.8) is 0 Å². The molecule has 0 bridgehead atoms. The molecule has 0 aliphatic heterocycles. The van der Waals surface area contributed by atoms with Crippen LogP contribution in [0.1, 0.15) is 24.4 Å². The molecule has 1 unspecified atom stereocenters. The van der Waals surface area contributed by atoms with E-state index >= 15 is 0 Å². The Hall–Kier alpha value is -0.570. The van der Waals surface area contributed by atoms with Gasteiger partial charge in [-0.2, -0.15) is 0 Å². The largest absolute Gasteiger partial charge is 0.385 e. The Kier molecular flexibility index (Phi) is 4.94. The van der Waals surface area contributed by atoms with Gasteiger partial charge in [0.25, 0.3) is 0 Å². The van der Waals surface area contributed by atoms with Crippen LogP contribution in [-0.2, 0) is 4.74 Å². The number of halogens is 1. The van der Waals surface area contributed by atoms with Crippen molar-refractivity contribution in [3.8, 4) is 0 Å². The second-order valence-electron chi connectivity index (χ2n) is 3.30. The molecule has 0 spiro atoms. The van der Waals surface area contributed by atoms with E-state index in [1.54, 1.807) is 7.11 Å². The number of benzene rings is 1. The molecule has 0 saturated heterocycles. The van der Waals surface area contributed by atoms with Crippen LogP contribution in [-0.4, -0.2) is 13.7 Å². The van der Waals surface area contributed by atoms with Gasteiger partial charge >= 0.3 is 0 Å². The van der Waals surface area contributed by atoms with E-state index in [4.69, 9.17) is 22.1 Å². The minimum Gasteiger partial charge on any atom is -0.385 e. The van der Waals surface area contributed by atoms with Crippen LogP contribution in [0.3, 0.4) is 0 Å². The van der Waals surface area contributed by atoms with Gasteiger partial charge in [-0.1, -0.05) is 23.7 Å². The molecular formula is C11H16ClNO. The predicted molar refractivity (Wildman–Crippen MR) is 59.5 cm³/mol. The van der Waals surface area contributed by atoms with E-state index in [0.29, 0.717) is 0 Å². The van der Waals surface area contributed by atoms with Gasteiger partial charge in [0, 0.05) is 24.8 Å². The molecule has 2 nitrogen and oxygen atoms in total. The summed E-state index contributed by atoms with van der Waals surface area (Å²) in [5.74, 6) is 0. The SMILES string of the molecule is COCCCC(N)c1cccc(Cl)c1. The highest BCUT2D eigenvalue weighted by Crippen LogP contribution is 2.19. The molecule has 0 aromatic heterocycles. The van der Waals surface area contributed by atoms with Crippen LogP contribution in [0.15, 0.2) is 24.3 Å². The van der Waals surface area contributed by atoms with Crippen molar-refractivity contribution < 1.29 is 4.74 Å². The minimum absolute atomic E-state index is 0.0591. The lowest BCUT2D eigenvalue weighted by Crippen LogP contribution is -2.10. The number of hydrogen-bond acceptors (Lipinski definition) is 2. The molecular weight excluding hydrogens is 198 g/mol. The molecule has 1 aromatic carbocycles. The summed E-state index contributed by atoms with van der Waals surface area (Å²) < 4.78 is 4.97. The van der Waals surface area contributed by atoms with Crippen LogP contribution in [0, 0.1) is 0 Å². The van der Waals surface area contributed by atoms with Gasteiger partial charge in [-0.15, -0.1) is 0 Å². The number of ether oxygens (including phenoxy) is 1. The van der Waals surface area contributed by atoms with E-state index in [2.05, 4.69) is 0 Å². The van der Waals surface area contributed by atoms with Crippen LogP contribution in [0.4, 0.5) is 0 Å². The smallest absolute Gasteiger partial charge is 0.0462 e. The molecule has 2 N–H and O–H groups in total. The maximum Gasteiger partial charge on any atom is 0.0462 e. The highest BCUT2D eigenvalue weighted by Gasteiger charge is 2.05. The Morgan fingerprint density at radius 2 is 2.29 bits per heavy atom. The van der Waals surface area contributed by atoms with Gasteiger partial charge in [-0.05, 0) is 30.5 Å². The lowest BCUT2D eigenvalue weighted by Gasteiger charge is -2.11. The van der Waals surface area contributed by atoms with Crippen molar-refractivity contribution in [2.75, 3.05) is 13.7 Å². The summed E-state index contributed by atoms with van der Waals surface area (Å²) in [4.78, 5) is 0. The Morgan fingerprint density at radius 3 is 2.93 bits per heavy atom. The van der Waals surface area contributed by atoms with Crippen LogP contribution in [0.2, 0.25) is 5.02 Å². The first-order valence-corrected chi connectivity index (χ1v) is 5.12. The van der Waals surface area contributed by atoms with Gasteiger partial charge in [0.2, 0.25) is 0 Å². The molecule has 0 heterocycles. The highest BCUT2D eigenvalue weighted by atomic mass is 35.5. The average Bonchev–Trinajstić information content (AvgIpc) is 2.18. The maximum atomic E-state index is 5.99. The number of rotatable bonds is 5.